The molecule has 444 valence electrons. The van der Waals surface area contributed by atoms with Gasteiger partial charge in [-0.3, -0.25) is 74.0 Å². The third-order valence-corrected chi connectivity index (χ3v) is 9.53. The fraction of sp³-hybridized carbons (Fsp3) is 0.167. The quantitative estimate of drug-likeness (QED) is 0.0231. The number of nitrogens with zero attached hydrogens (tertiary/aromatic N) is 4. The summed E-state index contributed by atoms with van der Waals surface area (Å²) in [6, 6.07) is 23.8. The number of Topliss-reactive ketones (excluding diaryl/α,β-unsaturated/α-hetero) is 4. The molecule has 30 heteroatoms. The van der Waals surface area contributed by atoms with Crippen LogP contribution in [0.2, 0.25) is 0 Å². The number of ketones is 4. The van der Waals surface area contributed by atoms with Gasteiger partial charge in [0.25, 0.3) is 22.7 Å². The Kier molecular flexibility index (Phi) is 42.4. The molecule has 0 radical (unpaired) electrons. The molecule has 0 saturated heterocycles. The summed E-state index contributed by atoms with van der Waals surface area (Å²) in [6.45, 7) is 11.4. The van der Waals surface area contributed by atoms with Crippen molar-refractivity contribution in [2.75, 3.05) is 0 Å². The van der Waals surface area contributed by atoms with Crippen molar-refractivity contribution in [2.45, 2.75) is 61.3 Å². The Morgan fingerprint density at radius 2 is 0.702 bits per heavy atom. The van der Waals surface area contributed by atoms with Crippen LogP contribution >= 0.6 is 0 Å². The van der Waals surface area contributed by atoms with Gasteiger partial charge in [0, 0.05) is 52.4 Å². The molecule has 0 saturated carbocycles. The van der Waals surface area contributed by atoms with Gasteiger partial charge in [0.2, 0.25) is 0 Å². The predicted molar refractivity (Wildman–Crippen MR) is 297 cm³/mol. The molecule has 0 spiro atoms. The highest BCUT2D eigenvalue weighted by Gasteiger charge is 2.33. The first-order valence-electron chi connectivity index (χ1n) is 22.4. The van der Waals surface area contributed by atoms with Gasteiger partial charge < -0.3 is 28.4 Å². The van der Waals surface area contributed by atoms with Crippen molar-refractivity contribution in [1.29, 1.82) is 0 Å². The molecule has 1 aliphatic rings. The SMILES string of the molecule is CC(=O)C(=Cc1ccccc1[N+](=O)[O-])C(C)=O.CC(=O)C(=Cc1ccccc1[N+](=O)[O-])C(C)=O.CC(N)=C=O.CC(N)=C=O.CC1=C(C=O)C(c2ccccc2[N+](=O)[O-])C(C=O)=C(C)N1.N.O.O=C=O.O=C=O.O=Cc1ccccc1[N+](=O)[O-]. The maximum atomic E-state index is 11.4. The maximum Gasteiger partial charge on any atom is 0.373 e. The van der Waals surface area contributed by atoms with Crippen LogP contribution in [0, 0.1) is 40.5 Å². The summed E-state index contributed by atoms with van der Waals surface area (Å²) in [5.41, 5.74) is 12.2. The van der Waals surface area contributed by atoms with Crippen molar-refractivity contribution in [3.05, 3.63) is 205 Å². The molecule has 1 heterocycles. The van der Waals surface area contributed by atoms with Gasteiger partial charge in [-0.1, -0.05) is 54.6 Å². The van der Waals surface area contributed by atoms with Crippen molar-refractivity contribution in [3.8, 4) is 0 Å². The molecule has 1 aliphatic heterocycles. The average Bonchev–Trinajstić information content (AvgIpc) is 3.42. The van der Waals surface area contributed by atoms with E-state index in [2.05, 4.69) is 5.32 Å². The van der Waals surface area contributed by atoms with Crippen LogP contribution in [-0.4, -0.2) is 91.3 Å². The van der Waals surface area contributed by atoms with Crippen molar-refractivity contribution in [1.82, 2.24) is 11.5 Å². The van der Waals surface area contributed by atoms with Crippen LogP contribution in [0.1, 0.15) is 88.4 Å². The van der Waals surface area contributed by atoms with Gasteiger partial charge in [-0.2, -0.15) is 19.2 Å². The molecule has 84 heavy (non-hydrogen) atoms. The number of nitro groups is 4. The second kappa shape index (κ2) is 44.0. The summed E-state index contributed by atoms with van der Waals surface area (Å²) in [7, 11) is 0. The Hall–Kier alpha value is -11.9. The van der Waals surface area contributed by atoms with Crippen LogP contribution in [-0.2, 0) is 57.5 Å². The van der Waals surface area contributed by atoms with Gasteiger partial charge >= 0.3 is 12.3 Å². The van der Waals surface area contributed by atoms with Crippen molar-refractivity contribution < 1.29 is 87.5 Å². The molecule has 0 fully saturated rings. The van der Waals surface area contributed by atoms with E-state index in [0.717, 1.165) is 0 Å². The summed E-state index contributed by atoms with van der Waals surface area (Å²) >= 11 is 0. The molecule has 4 aromatic carbocycles. The van der Waals surface area contributed by atoms with E-state index in [4.69, 9.17) is 30.6 Å². The summed E-state index contributed by atoms with van der Waals surface area (Å²) in [6.07, 6.45) is 4.75. The number of carbonyl (C=O) groups excluding carboxylic acids is 13. The van der Waals surface area contributed by atoms with Crippen molar-refractivity contribution in [3.63, 3.8) is 0 Å². The number of nitrogens with one attached hydrogen (secondary N) is 1. The van der Waals surface area contributed by atoms with Gasteiger partial charge in [0.1, 0.15) is 24.5 Å². The molecule has 0 unspecified atom stereocenters. The van der Waals surface area contributed by atoms with E-state index in [1.54, 1.807) is 50.2 Å². The van der Waals surface area contributed by atoms with E-state index in [-0.39, 0.29) is 85.9 Å². The summed E-state index contributed by atoms with van der Waals surface area (Å²) in [5.74, 6) is 0.598. The number of allylic oxidation sites excluding steroid dienone is 8. The third-order valence-electron chi connectivity index (χ3n) is 9.53. The number of benzene rings is 4. The topological polar surface area (TPSA) is 525 Å². The lowest BCUT2D eigenvalue weighted by atomic mass is 9.81. The first-order valence-corrected chi connectivity index (χ1v) is 22.4. The fourth-order valence-electron chi connectivity index (χ4n) is 6.09. The van der Waals surface area contributed by atoms with Crippen LogP contribution in [0.25, 0.3) is 12.2 Å². The number of dihydropyridines is 1. The van der Waals surface area contributed by atoms with E-state index in [0.29, 0.717) is 47.0 Å². The highest BCUT2D eigenvalue weighted by atomic mass is 16.6. The molecule has 5 rings (SSSR count). The fourth-order valence-corrected chi connectivity index (χ4v) is 6.09. The molecule has 0 atom stereocenters. The molecule has 0 amide bonds. The molecule has 10 N–H and O–H groups in total. The smallest absolute Gasteiger partial charge is 0.373 e. The lowest BCUT2D eigenvalue weighted by molar-refractivity contribution is -0.385. The predicted octanol–water partition coefficient (Wildman–Crippen LogP) is 5.48. The number of hydrogen-bond donors (Lipinski definition) is 4. The zero-order chi connectivity index (χ0) is 63.8. The Labute approximate surface area is 476 Å². The first kappa shape index (κ1) is 81.0. The number of rotatable bonds is 14. The monoisotopic (exact) mass is 1170 g/mol. The van der Waals surface area contributed by atoms with E-state index in [9.17, 15) is 83.6 Å². The highest BCUT2D eigenvalue weighted by molar-refractivity contribution is 6.22. The Bertz CT molecular complexity index is 3150. The van der Waals surface area contributed by atoms with Gasteiger partial charge in [-0.05, 0) is 85.7 Å². The summed E-state index contributed by atoms with van der Waals surface area (Å²) < 4.78 is 0. The van der Waals surface area contributed by atoms with Gasteiger partial charge in [-0.15, -0.1) is 0 Å². The summed E-state index contributed by atoms with van der Waals surface area (Å²) in [5, 5.41) is 45.9. The molecule has 30 nitrogen and oxygen atoms in total. The maximum absolute atomic E-state index is 11.4. The van der Waals surface area contributed by atoms with E-state index < -0.39 is 48.7 Å². The lowest BCUT2D eigenvalue weighted by Crippen LogP contribution is -2.26. The largest absolute Gasteiger partial charge is 0.412 e. The Morgan fingerprint density at radius 3 is 0.929 bits per heavy atom. The van der Waals surface area contributed by atoms with Crippen LogP contribution in [0.4, 0.5) is 22.7 Å². The number of para-hydroxylation sites is 4. The summed E-state index contributed by atoms with van der Waals surface area (Å²) in [4.78, 5) is 170. The van der Waals surface area contributed by atoms with E-state index in [1.807, 2.05) is 0 Å². The third kappa shape index (κ3) is 29.7. The number of hydrogen-bond acceptors (Lipinski definition) is 25. The normalized spacial score (nSPS) is 9.86. The number of carbonyl (C=O) groups is 7. The standard InChI is InChI=1S/C15H14N2O4.2C12H11NO4.C7H5NO3.2C3H5NO.2CO2.H3N.H2O/c1-9-12(7-18)15(13(8-19)10(2)16-9)11-5-3-4-6-14(11)17(20)21;2*1-8(14)11(9(2)15)7-10-5-3-4-6-12(10)13(16)17;9-5-6-3-1-2-4-7(6)8(10)11;2*1-3(4)2-5;2*2-1-3;;/h3-8,15-16H,1-2H3;2*3-7H,1-2H3;1-5H;2*4H2,1H3;;;1H3;1H2. The molecule has 4 aromatic rings. The Balaban J connectivity index is -0.000000305. The van der Waals surface area contributed by atoms with Crippen LogP contribution < -0.4 is 22.9 Å². The molecular weight excluding hydrogens is 1110 g/mol. The van der Waals surface area contributed by atoms with Crippen LogP contribution in [0.3, 0.4) is 0 Å². The Morgan fingerprint density at radius 1 is 0.464 bits per heavy atom. The van der Waals surface area contributed by atoms with Crippen molar-refractivity contribution >= 4 is 101 Å². The zero-order valence-corrected chi connectivity index (χ0v) is 45.9. The number of aldehydes is 3. The van der Waals surface area contributed by atoms with Crippen LogP contribution in [0.5, 0.6) is 0 Å². The van der Waals surface area contributed by atoms with Gasteiger partial charge in [0.15, 0.2) is 29.4 Å². The first-order chi connectivity index (χ1) is 38.5. The van der Waals surface area contributed by atoms with Crippen LogP contribution in [0.15, 0.2) is 142 Å². The number of nitrogens with two attached hydrogens (primary N) is 2. The number of nitro benzene ring substituents is 4. The van der Waals surface area contributed by atoms with Crippen molar-refractivity contribution in [2.24, 2.45) is 11.5 Å². The minimum Gasteiger partial charge on any atom is -0.412 e. The zero-order valence-electron chi connectivity index (χ0n) is 45.9. The van der Waals surface area contributed by atoms with E-state index in [1.165, 1.54) is 126 Å². The highest BCUT2D eigenvalue weighted by Crippen LogP contribution is 2.39. The van der Waals surface area contributed by atoms with E-state index >= 15 is 0 Å². The van der Waals surface area contributed by atoms with Gasteiger partial charge in [0.05, 0.1) is 64.8 Å². The molecule has 0 aliphatic carbocycles. The second-order valence-electron chi connectivity index (χ2n) is 15.4. The molecule has 0 bridgehead atoms. The van der Waals surface area contributed by atoms with Gasteiger partial charge in [-0.25, -0.2) is 9.59 Å². The second-order valence-corrected chi connectivity index (χ2v) is 15.4. The lowest BCUT2D eigenvalue weighted by Gasteiger charge is -2.27. The average molecular weight is 1170 g/mol. The molecule has 0 aromatic heterocycles. The molecular formula is C54H56N8O22. The minimum absolute atomic E-state index is 0. The minimum atomic E-state index is -0.720.